The second-order valence-electron chi connectivity index (χ2n) is 9.98. The normalized spacial score (nSPS) is 18.7. The van der Waals surface area contributed by atoms with E-state index in [-0.39, 0.29) is 18.2 Å². The van der Waals surface area contributed by atoms with Gasteiger partial charge in [-0.05, 0) is 56.0 Å². The van der Waals surface area contributed by atoms with Crippen molar-refractivity contribution in [1.82, 2.24) is 9.97 Å². The van der Waals surface area contributed by atoms with Gasteiger partial charge < -0.3 is 15.3 Å². The van der Waals surface area contributed by atoms with Crippen LogP contribution in [-0.4, -0.2) is 53.4 Å². The number of anilines is 5. The lowest BCUT2D eigenvalue weighted by Gasteiger charge is -2.31. The Bertz CT molecular complexity index is 1250. The molecule has 1 saturated heterocycles. The number of aliphatic hydroxyl groups excluding tert-OH is 1. The van der Waals surface area contributed by atoms with E-state index in [0.717, 1.165) is 79.9 Å². The summed E-state index contributed by atoms with van der Waals surface area (Å²) in [4.78, 5) is 29.0. The molecule has 1 saturated carbocycles. The van der Waals surface area contributed by atoms with Gasteiger partial charge in [-0.1, -0.05) is 31.0 Å². The number of rotatable bonds is 4. The number of hydrogen-bond donors (Lipinski definition) is 2. The number of carbonyl (C=O) groups excluding carboxylic acids is 1. The van der Waals surface area contributed by atoms with Gasteiger partial charge >= 0.3 is 6.03 Å². The van der Waals surface area contributed by atoms with E-state index in [1.54, 1.807) is 11.1 Å². The fraction of sp³-hybridized carbons (Fsp3) is 0.393. The Morgan fingerprint density at radius 2 is 1.67 bits per heavy atom. The van der Waals surface area contributed by atoms with E-state index in [9.17, 15) is 9.90 Å². The minimum absolute atomic E-state index is 0.0294. The first-order valence-electron chi connectivity index (χ1n) is 12.9. The molecule has 0 radical (unpaired) electrons. The summed E-state index contributed by atoms with van der Waals surface area (Å²) in [6.45, 7) is 1.73. The number of urea groups is 1. The third-order valence-corrected chi connectivity index (χ3v) is 7.69. The first-order valence-corrected chi connectivity index (χ1v) is 12.9. The van der Waals surface area contributed by atoms with Gasteiger partial charge in [-0.25, -0.2) is 14.8 Å². The molecule has 2 N–H and O–H groups in total. The first-order chi connectivity index (χ1) is 17.6. The third kappa shape index (κ3) is 4.15. The van der Waals surface area contributed by atoms with Crippen molar-refractivity contribution >= 4 is 34.7 Å². The maximum absolute atomic E-state index is 13.6. The summed E-state index contributed by atoms with van der Waals surface area (Å²) in [6, 6.07) is 16.5. The van der Waals surface area contributed by atoms with E-state index in [0.29, 0.717) is 11.6 Å². The molecule has 8 heteroatoms. The molecule has 36 heavy (non-hydrogen) atoms. The predicted molar refractivity (Wildman–Crippen MR) is 143 cm³/mol. The molecule has 6 rings (SSSR count). The number of amides is 2. The highest BCUT2D eigenvalue weighted by Gasteiger charge is 2.36. The molecule has 3 aliphatic rings. The van der Waals surface area contributed by atoms with Crippen molar-refractivity contribution in [2.75, 3.05) is 40.2 Å². The minimum Gasteiger partial charge on any atom is -0.393 e. The molecule has 0 bridgehead atoms. The number of hydrogen-bond acceptors (Lipinski definition) is 6. The summed E-state index contributed by atoms with van der Waals surface area (Å²) in [7, 11) is 1.81. The van der Waals surface area contributed by atoms with E-state index in [1.165, 1.54) is 0 Å². The lowest BCUT2D eigenvalue weighted by Crippen LogP contribution is -2.45. The number of aliphatic hydroxyl groups is 1. The van der Waals surface area contributed by atoms with Gasteiger partial charge in [0.25, 0.3) is 0 Å². The first kappa shape index (κ1) is 22.8. The molecule has 1 aliphatic carbocycles. The summed E-state index contributed by atoms with van der Waals surface area (Å²) in [5.74, 6) is 0.493. The lowest BCUT2D eigenvalue weighted by molar-refractivity contribution is 0.145. The van der Waals surface area contributed by atoms with Crippen LogP contribution in [0.25, 0.3) is 11.3 Å². The highest BCUT2D eigenvalue weighted by molar-refractivity contribution is 6.10. The van der Waals surface area contributed by atoms with Gasteiger partial charge in [0.05, 0.1) is 23.7 Å². The van der Waals surface area contributed by atoms with Crippen LogP contribution in [0.2, 0.25) is 0 Å². The smallest absolute Gasteiger partial charge is 0.329 e. The largest absolute Gasteiger partial charge is 0.393 e. The molecule has 1 aromatic heterocycles. The second-order valence-corrected chi connectivity index (χ2v) is 9.98. The maximum Gasteiger partial charge on any atom is 0.329 e. The monoisotopic (exact) mass is 484 g/mol. The average molecular weight is 485 g/mol. The number of nitrogens with zero attached hydrogens (tertiary/aromatic N) is 5. The van der Waals surface area contributed by atoms with Crippen molar-refractivity contribution < 1.29 is 9.90 Å². The van der Waals surface area contributed by atoms with Gasteiger partial charge in [-0.2, -0.15) is 0 Å². The number of carbonyl (C=O) groups is 1. The van der Waals surface area contributed by atoms with Crippen molar-refractivity contribution in [2.45, 2.75) is 50.7 Å². The average Bonchev–Trinajstić information content (AvgIpc) is 3.41. The van der Waals surface area contributed by atoms with Gasteiger partial charge in [-0.15, -0.1) is 0 Å². The highest BCUT2D eigenvalue weighted by atomic mass is 16.3. The molecule has 8 nitrogen and oxygen atoms in total. The van der Waals surface area contributed by atoms with E-state index in [2.05, 4.69) is 27.3 Å². The van der Waals surface area contributed by atoms with Crippen LogP contribution in [0.1, 0.15) is 38.5 Å². The van der Waals surface area contributed by atoms with Gasteiger partial charge in [0.15, 0.2) is 0 Å². The fourth-order valence-corrected chi connectivity index (χ4v) is 5.66. The Balaban J connectivity index is 1.30. The number of piperidine rings is 1. The molecule has 3 heterocycles. The number of para-hydroxylation sites is 1. The molecule has 2 aliphatic heterocycles. The van der Waals surface area contributed by atoms with Crippen LogP contribution in [0.3, 0.4) is 0 Å². The van der Waals surface area contributed by atoms with Crippen LogP contribution < -0.4 is 20.0 Å². The SMILES string of the molecule is CN1C(=O)N(C2CCCC2)c2ccccc2-c2nc(Nc3ccc(N4CCC(O)CC4)cc3)ncc21. The Kier molecular flexibility index (Phi) is 5.97. The zero-order valence-corrected chi connectivity index (χ0v) is 20.6. The third-order valence-electron chi connectivity index (χ3n) is 7.69. The number of fused-ring (bicyclic) bond motifs is 3. The quantitative estimate of drug-likeness (QED) is 0.532. The van der Waals surface area contributed by atoms with Crippen LogP contribution in [0.15, 0.2) is 54.7 Å². The fourth-order valence-electron chi connectivity index (χ4n) is 5.66. The molecule has 186 valence electrons. The summed E-state index contributed by atoms with van der Waals surface area (Å²) in [5, 5.41) is 13.1. The Labute approximate surface area is 211 Å². The Hall–Kier alpha value is -3.65. The second kappa shape index (κ2) is 9.43. The van der Waals surface area contributed by atoms with Crippen LogP contribution >= 0.6 is 0 Å². The van der Waals surface area contributed by atoms with Gasteiger partial charge in [-0.3, -0.25) is 9.80 Å². The van der Waals surface area contributed by atoms with Gasteiger partial charge in [0.1, 0.15) is 5.69 Å². The van der Waals surface area contributed by atoms with Gasteiger partial charge in [0, 0.05) is 43.1 Å². The number of nitrogens with one attached hydrogen (secondary N) is 1. The van der Waals surface area contributed by atoms with Crippen molar-refractivity contribution in [3.05, 3.63) is 54.7 Å². The zero-order chi connectivity index (χ0) is 24.6. The molecular formula is C28H32N6O2. The van der Waals surface area contributed by atoms with Crippen LogP contribution in [0.4, 0.5) is 33.5 Å². The standard InChI is InChI=1S/C28H32N6O2/c1-32-25-18-29-27(30-19-10-12-20(13-11-19)33-16-14-22(35)15-17-33)31-26(25)23-8-4-5-9-24(23)34(28(32)36)21-6-2-3-7-21/h4-5,8-13,18,21-22,35H,2-3,6-7,14-17H2,1H3,(H,29,30,31). The lowest BCUT2D eigenvalue weighted by atomic mass is 10.1. The molecule has 3 aromatic rings. The van der Waals surface area contributed by atoms with E-state index in [4.69, 9.17) is 4.98 Å². The van der Waals surface area contributed by atoms with Crippen molar-refractivity contribution in [3.63, 3.8) is 0 Å². The summed E-state index contributed by atoms with van der Waals surface area (Å²) in [5.41, 5.74) is 5.38. The van der Waals surface area contributed by atoms with E-state index in [1.807, 2.05) is 48.3 Å². The Morgan fingerprint density at radius 1 is 0.944 bits per heavy atom. The molecule has 2 amide bonds. The van der Waals surface area contributed by atoms with Crippen molar-refractivity contribution in [2.24, 2.45) is 0 Å². The molecule has 0 unspecified atom stereocenters. The van der Waals surface area contributed by atoms with Crippen LogP contribution in [0.5, 0.6) is 0 Å². The van der Waals surface area contributed by atoms with E-state index >= 15 is 0 Å². The minimum atomic E-state index is -0.183. The van der Waals surface area contributed by atoms with Crippen LogP contribution in [-0.2, 0) is 0 Å². The number of aromatic nitrogens is 2. The summed E-state index contributed by atoms with van der Waals surface area (Å²) in [6.07, 6.45) is 7.52. The molecule has 0 spiro atoms. The topological polar surface area (TPSA) is 84.8 Å². The highest BCUT2D eigenvalue weighted by Crippen LogP contribution is 2.42. The Morgan fingerprint density at radius 3 is 2.42 bits per heavy atom. The molecular weight excluding hydrogens is 452 g/mol. The number of benzene rings is 2. The maximum atomic E-state index is 13.6. The molecule has 2 aromatic carbocycles. The van der Waals surface area contributed by atoms with Crippen LogP contribution in [0, 0.1) is 0 Å². The summed E-state index contributed by atoms with van der Waals surface area (Å²) >= 11 is 0. The molecule has 0 atom stereocenters. The van der Waals surface area contributed by atoms with E-state index < -0.39 is 0 Å². The zero-order valence-electron chi connectivity index (χ0n) is 20.6. The summed E-state index contributed by atoms with van der Waals surface area (Å²) < 4.78 is 0. The van der Waals surface area contributed by atoms with Crippen molar-refractivity contribution in [3.8, 4) is 11.3 Å². The van der Waals surface area contributed by atoms with Crippen molar-refractivity contribution in [1.29, 1.82) is 0 Å². The molecule has 2 fully saturated rings. The predicted octanol–water partition coefficient (Wildman–Crippen LogP) is 5.17. The van der Waals surface area contributed by atoms with Gasteiger partial charge in [0.2, 0.25) is 5.95 Å².